The van der Waals surface area contributed by atoms with Crippen molar-refractivity contribution in [3.8, 4) is 0 Å². The molecule has 0 spiro atoms. The van der Waals surface area contributed by atoms with E-state index < -0.39 is 27.8 Å². The quantitative estimate of drug-likeness (QED) is 0.0332. The van der Waals surface area contributed by atoms with Crippen LogP contribution in [0.5, 0.6) is 0 Å². The molecule has 0 bridgehead atoms. The predicted molar refractivity (Wildman–Crippen MR) is 392 cm³/mol. The first-order valence-corrected chi connectivity index (χ1v) is 40.9. The summed E-state index contributed by atoms with van der Waals surface area (Å²) in [5.74, 6) is 0. The van der Waals surface area contributed by atoms with Crippen LogP contribution in [-0.2, 0) is 87.3 Å². The molecule has 12 aromatic carbocycles. The Labute approximate surface area is 542 Å². The molecule has 0 atom stereocenters. The van der Waals surface area contributed by atoms with Gasteiger partial charge < -0.3 is 0 Å². The van der Waals surface area contributed by atoms with Gasteiger partial charge in [0.1, 0.15) is 0 Å². The molecule has 0 aromatic heterocycles. The first-order chi connectivity index (χ1) is 44.7. The standard InChI is InChI=1S/C84H84BO3P3/c1-13-37-73(38-14-1)61-89(62-74-39-15-2-16-40-74,63-75-41-17-3-18-42-75,64-76-43-19-4-20-44-76)86-85(87-90(65-77-45-21-5-22-46-77,66-78-47-23-6-24-48-78,67-79-49-25-7-26-50-79)68-80-51-27-8-28-52-80)88-91(69-81-53-29-9-30-54-81,70-82-55-31-10-32-56-82,71-83-57-33-11-34-58-83)72-84-59-35-12-36-60-84/h1-60H,61-72H2. The fraction of sp³-hybridized carbons (Fsp3) is 0.143. The Morgan fingerprint density at radius 2 is 0.231 bits per heavy atom. The first kappa shape index (κ1) is 63.0. The molecule has 0 saturated heterocycles. The molecular formula is C84H84BO3P3. The Bertz CT molecular complexity index is 3140. The Kier molecular flexibility index (Phi) is 20.1. The summed E-state index contributed by atoms with van der Waals surface area (Å²) in [6, 6.07) is 135. The van der Waals surface area contributed by atoms with E-state index in [9.17, 15) is 13.3 Å². The van der Waals surface area contributed by atoms with Gasteiger partial charge in [0, 0.05) is 0 Å². The van der Waals surface area contributed by atoms with Gasteiger partial charge in [-0.1, -0.05) is 0 Å². The molecule has 0 aliphatic heterocycles. The van der Waals surface area contributed by atoms with E-state index in [1.54, 1.807) is 0 Å². The monoisotopic (exact) mass is 1240 g/mol. The number of rotatable bonds is 30. The van der Waals surface area contributed by atoms with Crippen LogP contribution in [-0.4, -0.2) is 7.32 Å². The SMILES string of the molecule is c1ccc(CP(Cc2ccccc2)(Cc2ccccc2)(Cc2ccccc2)OB(OP(Cc2ccccc2)(Cc2ccccc2)(Cc2ccccc2)Cc2ccccc2)OP(Cc2ccccc2)(Cc2ccccc2)(Cc2ccccc2)Cc2ccccc2)cc1. The van der Waals surface area contributed by atoms with Gasteiger partial charge in [-0.15, -0.1) is 0 Å². The van der Waals surface area contributed by atoms with Crippen molar-refractivity contribution in [3.63, 3.8) is 0 Å². The molecule has 0 radical (unpaired) electrons. The topological polar surface area (TPSA) is 27.7 Å². The Morgan fingerprint density at radius 3 is 0.319 bits per heavy atom. The van der Waals surface area contributed by atoms with Crippen LogP contribution >= 0.6 is 20.5 Å². The van der Waals surface area contributed by atoms with Crippen molar-refractivity contribution in [1.29, 1.82) is 0 Å². The van der Waals surface area contributed by atoms with Crippen LogP contribution in [0, 0.1) is 0 Å². The van der Waals surface area contributed by atoms with Crippen molar-refractivity contribution in [1.82, 2.24) is 0 Å². The van der Waals surface area contributed by atoms with E-state index in [4.69, 9.17) is 0 Å². The van der Waals surface area contributed by atoms with E-state index in [0.717, 1.165) is 0 Å². The fourth-order valence-electron chi connectivity index (χ4n) is 14.8. The summed E-state index contributed by atoms with van der Waals surface area (Å²) in [4.78, 5) is 0. The number of hydrogen-bond donors (Lipinski definition) is 0. The molecule has 0 N–H and O–H groups in total. The van der Waals surface area contributed by atoms with E-state index in [2.05, 4.69) is 364 Å². The Hall–Kier alpha value is -8.13. The fourth-order valence-corrected chi connectivity index (χ4v) is 33.2. The summed E-state index contributed by atoms with van der Waals surface area (Å²) in [5, 5.41) is 0. The molecule has 0 saturated carbocycles. The molecule has 0 aliphatic rings. The van der Waals surface area contributed by atoms with Crippen LogP contribution in [0.1, 0.15) is 66.8 Å². The summed E-state index contributed by atoms with van der Waals surface area (Å²) < 4.78 is 28.4. The Balaban J connectivity index is 1.26. The molecule has 0 unspecified atom stereocenters. The van der Waals surface area contributed by atoms with E-state index in [1.165, 1.54) is 66.8 Å². The minimum atomic E-state index is -4.15. The van der Waals surface area contributed by atoms with Crippen LogP contribution in [0.15, 0.2) is 364 Å². The maximum absolute atomic E-state index is 9.46. The van der Waals surface area contributed by atoms with Crippen LogP contribution in [0.2, 0.25) is 0 Å². The van der Waals surface area contributed by atoms with Crippen molar-refractivity contribution >= 4 is 27.8 Å². The van der Waals surface area contributed by atoms with Crippen molar-refractivity contribution < 1.29 is 13.3 Å². The van der Waals surface area contributed by atoms with Crippen LogP contribution in [0.3, 0.4) is 0 Å². The number of benzene rings is 12. The molecule has 0 heterocycles. The van der Waals surface area contributed by atoms with E-state index in [-0.39, 0.29) is 0 Å². The predicted octanol–water partition coefficient (Wildman–Crippen LogP) is 22.8. The molecule has 0 amide bonds. The molecule has 0 aliphatic carbocycles. The van der Waals surface area contributed by atoms with Crippen LogP contribution in [0.25, 0.3) is 0 Å². The third kappa shape index (κ3) is 16.5. The second kappa shape index (κ2) is 29.0. The summed E-state index contributed by atoms with van der Waals surface area (Å²) >= 11 is 0. The van der Waals surface area contributed by atoms with Gasteiger partial charge in [-0.05, 0) is 0 Å². The average molecular weight is 1250 g/mol. The van der Waals surface area contributed by atoms with Crippen LogP contribution in [0.4, 0.5) is 0 Å². The molecule has 0 fully saturated rings. The Morgan fingerprint density at radius 1 is 0.143 bits per heavy atom. The van der Waals surface area contributed by atoms with Crippen molar-refractivity contribution in [3.05, 3.63) is 431 Å². The van der Waals surface area contributed by atoms with Crippen molar-refractivity contribution in [2.45, 2.75) is 73.9 Å². The van der Waals surface area contributed by atoms with E-state index >= 15 is 0 Å². The van der Waals surface area contributed by atoms with Crippen molar-refractivity contribution in [2.75, 3.05) is 0 Å². The third-order valence-electron chi connectivity index (χ3n) is 18.3. The summed E-state index contributed by atoms with van der Waals surface area (Å²) in [6.45, 7) is -12.4. The number of hydrogen-bond acceptors (Lipinski definition) is 3. The minimum absolute atomic E-state index is 0.656. The molecule has 456 valence electrons. The first-order valence-electron chi connectivity index (χ1n) is 32.2. The second-order valence-corrected chi connectivity index (χ2v) is 41.5. The molecular weight excluding hydrogens is 1160 g/mol. The molecule has 12 rings (SSSR count). The van der Waals surface area contributed by atoms with Gasteiger partial charge in [0.15, 0.2) is 0 Å². The van der Waals surface area contributed by atoms with Crippen molar-refractivity contribution in [2.24, 2.45) is 0 Å². The van der Waals surface area contributed by atoms with Gasteiger partial charge in [0.2, 0.25) is 0 Å². The van der Waals surface area contributed by atoms with Gasteiger partial charge in [-0.25, -0.2) is 0 Å². The third-order valence-corrected chi connectivity index (χ3v) is 34.5. The normalized spacial score (nSPS) is 13.1. The van der Waals surface area contributed by atoms with E-state index in [0.29, 0.717) is 73.9 Å². The van der Waals surface area contributed by atoms with Gasteiger partial charge in [-0.2, -0.15) is 0 Å². The van der Waals surface area contributed by atoms with Gasteiger partial charge in [0.05, 0.1) is 0 Å². The van der Waals surface area contributed by atoms with Gasteiger partial charge in [0.25, 0.3) is 0 Å². The average Bonchev–Trinajstić information content (AvgIpc) is 0.736. The van der Waals surface area contributed by atoms with Crippen LogP contribution < -0.4 is 0 Å². The summed E-state index contributed by atoms with van der Waals surface area (Å²) in [6.07, 6.45) is 7.88. The molecule has 3 nitrogen and oxygen atoms in total. The second-order valence-electron chi connectivity index (χ2n) is 25.9. The molecule has 12 aromatic rings. The van der Waals surface area contributed by atoms with E-state index in [1.807, 2.05) is 0 Å². The van der Waals surface area contributed by atoms with Gasteiger partial charge in [-0.3, -0.25) is 0 Å². The zero-order chi connectivity index (χ0) is 61.9. The maximum atomic E-state index is 9.46. The van der Waals surface area contributed by atoms with Gasteiger partial charge >= 0.3 is 546 Å². The molecule has 7 heteroatoms. The molecule has 91 heavy (non-hydrogen) atoms. The summed E-state index contributed by atoms with van der Waals surface area (Å²) in [7, 11) is -1.24. The zero-order valence-electron chi connectivity index (χ0n) is 52.3. The zero-order valence-corrected chi connectivity index (χ0v) is 55.0. The summed E-state index contributed by atoms with van der Waals surface area (Å²) in [5.41, 5.74) is 14.7.